The van der Waals surface area contributed by atoms with E-state index in [0.717, 1.165) is 0 Å². The Morgan fingerprint density at radius 2 is 1.39 bits per heavy atom. The Hall–Kier alpha value is -2.60. The molecule has 0 spiro atoms. The molecule has 0 unspecified atom stereocenters. The number of methoxy groups -OCH3 is 1. The summed E-state index contributed by atoms with van der Waals surface area (Å²) in [5.41, 5.74) is 0.582. The maximum absolute atomic E-state index is 13.2. The highest BCUT2D eigenvalue weighted by Crippen LogP contribution is 2.48. The standard InChI is InChI=1S/C25H32O6/c1-24(2)9-16(27)22(17(28)10-24)21(14-6-7-20(31-5)15(8-14)13-26)23-18(29)11-25(3,4)12-19(23)30/h6-8,21,26-27,29H,9-13H2,1-5H3. The van der Waals surface area contributed by atoms with Crippen LogP contribution < -0.4 is 4.74 Å². The van der Waals surface area contributed by atoms with Gasteiger partial charge in [0.2, 0.25) is 0 Å². The Morgan fingerprint density at radius 3 is 1.77 bits per heavy atom. The molecular weight excluding hydrogens is 396 g/mol. The van der Waals surface area contributed by atoms with Crippen LogP contribution in [0.25, 0.3) is 0 Å². The summed E-state index contributed by atoms with van der Waals surface area (Å²) >= 11 is 0. The van der Waals surface area contributed by atoms with E-state index < -0.39 is 5.92 Å². The Bertz CT molecular complexity index is 928. The Balaban J connectivity index is 2.26. The van der Waals surface area contributed by atoms with E-state index in [0.29, 0.717) is 29.7 Å². The minimum Gasteiger partial charge on any atom is -0.512 e. The number of Topliss-reactive ketones (excluding diaryl/α,β-unsaturated/α-hetero) is 2. The van der Waals surface area contributed by atoms with E-state index in [9.17, 15) is 24.9 Å². The molecule has 0 aromatic heterocycles. The van der Waals surface area contributed by atoms with Crippen molar-refractivity contribution in [1.29, 1.82) is 0 Å². The van der Waals surface area contributed by atoms with Crippen LogP contribution in [0.4, 0.5) is 0 Å². The van der Waals surface area contributed by atoms with Gasteiger partial charge in [-0.25, -0.2) is 0 Å². The number of rotatable bonds is 5. The zero-order chi connectivity index (χ0) is 23.1. The summed E-state index contributed by atoms with van der Waals surface area (Å²) in [6, 6.07) is 5.05. The van der Waals surface area contributed by atoms with E-state index in [1.54, 1.807) is 18.2 Å². The van der Waals surface area contributed by atoms with E-state index in [1.165, 1.54) is 7.11 Å². The summed E-state index contributed by atoms with van der Waals surface area (Å²) < 4.78 is 5.28. The van der Waals surface area contributed by atoms with E-state index in [2.05, 4.69) is 0 Å². The first-order chi connectivity index (χ1) is 14.4. The number of allylic oxidation sites excluding steroid dienone is 4. The highest BCUT2D eigenvalue weighted by molar-refractivity contribution is 6.05. The molecule has 1 aromatic rings. The van der Waals surface area contributed by atoms with Crippen molar-refractivity contribution in [1.82, 2.24) is 0 Å². The molecule has 0 radical (unpaired) electrons. The number of benzene rings is 1. The van der Waals surface area contributed by atoms with Gasteiger partial charge in [-0.2, -0.15) is 0 Å². The number of hydrogen-bond donors (Lipinski definition) is 3. The van der Waals surface area contributed by atoms with Gasteiger partial charge in [-0.3, -0.25) is 9.59 Å². The summed E-state index contributed by atoms with van der Waals surface area (Å²) in [6.07, 6.45) is 1.09. The van der Waals surface area contributed by atoms with Crippen LogP contribution >= 0.6 is 0 Å². The van der Waals surface area contributed by atoms with Gasteiger partial charge < -0.3 is 20.1 Å². The molecule has 0 fully saturated rings. The lowest BCUT2D eigenvalue weighted by atomic mass is 9.67. The summed E-state index contributed by atoms with van der Waals surface area (Å²) in [7, 11) is 1.49. The van der Waals surface area contributed by atoms with Crippen LogP contribution in [-0.2, 0) is 16.2 Å². The smallest absolute Gasteiger partial charge is 0.163 e. The fourth-order valence-electron chi connectivity index (χ4n) is 4.84. The first kappa shape index (κ1) is 23.1. The molecule has 0 bridgehead atoms. The number of hydrogen-bond acceptors (Lipinski definition) is 6. The molecule has 3 N–H and O–H groups in total. The normalized spacial score (nSPS) is 21.1. The highest BCUT2D eigenvalue weighted by atomic mass is 16.5. The fraction of sp³-hybridized carbons (Fsp3) is 0.520. The van der Waals surface area contributed by atoms with E-state index in [1.807, 2.05) is 27.7 Å². The topological polar surface area (TPSA) is 104 Å². The van der Waals surface area contributed by atoms with E-state index >= 15 is 0 Å². The van der Waals surface area contributed by atoms with Gasteiger partial charge in [0.25, 0.3) is 0 Å². The van der Waals surface area contributed by atoms with Gasteiger partial charge in [0, 0.05) is 48.3 Å². The van der Waals surface area contributed by atoms with Gasteiger partial charge in [-0.1, -0.05) is 33.8 Å². The summed E-state index contributed by atoms with van der Waals surface area (Å²) in [6.45, 7) is 7.36. The molecule has 3 rings (SSSR count). The second-order valence-corrected chi connectivity index (χ2v) is 10.3. The molecule has 0 heterocycles. The highest BCUT2D eigenvalue weighted by Gasteiger charge is 2.43. The minimum atomic E-state index is -0.900. The Morgan fingerprint density at radius 1 is 0.903 bits per heavy atom. The first-order valence-electron chi connectivity index (χ1n) is 10.6. The third-order valence-electron chi connectivity index (χ3n) is 6.18. The molecule has 2 aliphatic carbocycles. The predicted molar refractivity (Wildman–Crippen MR) is 117 cm³/mol. The number of carbonyl (C=O) groups is 2. The molecule has 0 atom stereocenters. The Labute approximate surface area is 183 Å². The Kier molecular flexibility index (Phi) is 6.07. The van der Waals surface area contributed by atoms with Crippen molar-refractivity contribution in [3.63, 3.8) is 0 Å². The predicted octanol–water partition coefficient (Wildman–Crippen LogP) is 4.67. The van der Waals surface area contributed by atoms with Gasteiger partial charge >= 0.3 is 0 Å². The molecule has 6 heteroatoms. The molecule has 31 heavy (non-hydrogen) atoms. The number of ketones is 2. The number of aliphatic hydroxyl groups excluding tert-OH is 3. The quantitative estimate of drug-likeness (QED) is 0.629. The number of ether oxygens (including phenoxy) is 1. The SMILES string of the molecule is COc1ccc(C(C2=C(O)CC(C)(C)CC2=O)C2=C(O)CC(C)(C)CC2=O)cc1CO. The number of carbonyl (C=O) groups excluding carboxylic acids is 2. The van der Waals surface area contributed by atoms with Crippen molar-refractivity contribution in [3.05, 3.63) is 52.0 Å². The molecule has 0 amide bonds. The average Bonchev–Trinajstić information content (AvgIpc) is 2.63. The molecule has 2 aliphatic rings. The average molecular weight is 429 g/mol. The van der Waals surface area contributed by atoms with Crippen LogP contribution in [0.1, 0.15) is 70.4 Å². The van der Waals surface area contributed by atoms with E-state index in [4.69, 9.17) is 4.74 Å². The van der Waals surface area contributed by atoms with Crippen molar-refractivity contribution in [2.24, 2.45) is 10.8 Å². The summed E-state index contributed by atoms with van der Waals surface area (Å²) in [5, 5.41) is 31.6. The minimum absolute atomic E-state index is 0.0504. The summed E-state index contributed by atoms with van der Waals surface area (Å²) in [4.78, 5) is 26.4. The van der Waals surface area contributed by atoms with Crippen LogP contribution in [-0.4, -0.2) is 34.0 Å². The van der Waals surface area contributed by atoms with Crippen molar-refractivity contribution >= 4 is 11.6 Å². The molecule has 0 saturated heterocycles. The monoisotopic (exact) mass is 428 g/mol. The lowest BCUT2D eigenvalue weighted by molar-refractivity contribution is -0.119. The van der Waals surface area contributed by atoms with Crippen molar-refractivity contribution in [2.75, 3.05) is 7.11 Å². The molecule has 0 saturated carbocycles. The van der Waals surface area contributed by atoms with Crippen LogP contribution in [0.5, 0.6) is 5.75 Å². The zero-order valence-corrected chi connectivity index (χ0v) is 18.9. The van der Waals surface area contributed by atoms with Crippen molar-refractivity contribution in [2.45, 2.75) is 65.9 Å². The van der Waals surface area contributed by atoms with Crippen molar-refractivity contribution in [3.8, 4) is 5.75 Å². The number of aliphatic hydroxyl groups is 3. The van der Waals surface area contributed by atoms with E-state index in [-0.39, 0.29) is 64.5 Å². The lowest BCUT2D eigenvalue weighted by Gasteiger charge is -2.36. The second kappa shape index (κ2) is 8.15. The second-order valence-electron chi connectivity index (χ2n) is 10.3. The maximum Gasteiger partial charge on any atom is 0.163 e. The van der Waals surface area contributed by atoms with Crippen LogP contribution in [0.3, 0.4) is 0 Å². The molecule has 1 aromatic carbocycles. The first-order valence-corrected chi connectivity index (χ1v) is 10.6. The van der Waals surface area contributed by atoms with Gasteiger partial charge in [-0.15, -0.1) is 0 Å². The summed E-state index contributed by atoms with van der Waals surface area (Å²) in [5.74, 6) is -0.996. The van der Waals surface area contributed by atoms with Gasteiger partial charge in [0.15, 0.2) is 11.6 Å². The van der Waals surface area contributed by atoms with Crippen LogP contribution in [0.2, 0.25) is 0 Å². The largest absolute Gasteiger partial charge is 0.512 e. The van der Waals surface area contributed by atoms with Crippen LogP contribution in [0.15, 0.2) is 40.9 Å². The van der Waals surface area contributed by atoms with Gasteiger partial charge in [0.1, 0.15) is 17.3 Å². The molecule has 6 nitrogen and oxygen atoms in total. The van der Waals surface area contributed by atoms with Crippen LogP contribution in [0, 0.1) is 10.8 Å². The van der Waals surface area contributed by atoms with Gasteiger partial charge in [-0.05, 0) is 28.5 Å². The zero-order valence-electron chi connectivity index (χ0n) is 18.9. The van der Waals surface area contributed by atoms with Gasteiger partial charge in [0.05, 0.1) is 13.7 Å². The third-order valence-corrected chi connectivity index (χ3v) is 6.18. The molecule has 168 valence electrons. The maximum atomic E-state index is 13.2. The van der Waals surface area contributed by atoms with Crippen molar-refractivity contribution < 1.29 is 29.6 Å². The molecular formula is C25H32O6. The molecule has 0 aliphatic heterocycles. The lowest BCUT2D eigenvalue weighted by Crippen LogP contribution is -2.33. The fourth-order valence-corrected chi connectivity index (χ4v) is 4.84. The third kappa shape index (κ3) is 4.54.